The molecule has 4 aromatic rings. The van der Waals surface area contributed by atoms with Gasteiger partial charge in [0.15, 0.2) is 11.5 Å². The van der Waals surface area contributed by atoms with Crippen molar-refractivity contribution in [1.82, 2.24) is 10.1 Å². The highest BCUT2D eigenvalue weighted by atomic mass is 16.7. The molecule has 35 heavy (non-hydrogen) atoms. The maximum atomic E-state index is 12.9. The van der Waals surface area contributed by atoms with Crippen LogP contribution >= 0.6 is 0 Å². The maximum absolute atomic E-state index is 12.9. The fourth-order valence-electron chi connectivity index (χ4n) is 3.57. The van der Waals surface area contributed by atoms with Crippen LogP contribution in [0.15, 0.2) is 71.3 Å². The molecule has 3 aromatic carbocycles. The smallest absolute Gasteiger partial charge is 0.257 e. The minimum absolute atomic E-state index is 0.119. The number of carbonyl (C=O) groups is 2. The fourth-order valence-corrected chi connectivity index (χ4v) is 3.57. The summed E-state index contributed by atoms with van der Waals surface area (Å²) in [6.45, 7) is 2.15. The third-order valence-corrected chi connectivity index (χ3v) is 5.42. The molecule has 9 nitrogen and oxygen atoms in total. The van der Waals surface area contributed by atoms with Crippen LogP contribution in [0.4, 0.5) is 11.4 Å². The Labute approximate surface area is 201 Å². The van der Waals surface area contributed by atoms with Crippen LogP contribution in [0.2, 0.25) is 0 Å². The van der Waals surface area contributed by atoms with Crippen molar-refractivity contribution in [2.75, 3.05) is 17.4 Å². The average Bonchev–Trinajstić information content (AvgIpc) is 3.53. The van der Waals surface area contributed by atoms with Gasteiger partial charge in [0.25, 0.3) is 5.91 Å². The molecular weight excluding hydrogens is 448 g/mol. The first kappa shape index (κ1) is 22.1. The molecule has 1 aliphatic heterocycles. The highest BCUT2D eigenvalue weighted by Crippen LogP contribution is 2.34. The van der Waals surface area contributed by atoms with Gasteiger partial charge in [-0.05, 0) is 31.2 Å². The number of hydrogen-bond donors (Lipinski definition) is 2. The van der Waals surface area contributed by atoms with Crippen LogP contribution in [0.3, 0.4) is 0 Å². The molecule has 9 heteroatoms. The molecule has 2 N–H and O–H groups in total. The number of hydrogen-bond acceptors (Lipinski definition) is 7. The second-order valence-electron chi connectivity index (χ2n) is 7.99. The van der Waals surface area contributed by atoms with E-state index in [4.69, 9.17) is 14.0 Å². The molecule has 2 heterocycles. The van der Waals surface area contributed by atoms with E-state index in [0.717, 1.165) is 11.1 Å². The third-order valence-electron chi connectivity index (χ3n) is 5.42. The molecule has 176 valence electrons. The first-order valence-corrected chi connectivity index (χ1v) is 11.0. The SMILES string of the molecule is Cc1ccc(-c2noc(CCC(=O)Nc3ccccc3C(=O)Nc3ccc4c(c3)OCO4)n2)cc1. The van der Waals surface area contributed by atoms with E-state index >= 15 is 0 Å². The first-order chi connectivity index (χ1) is 17.0. The number of nitrogens with zero attached hydrogens (tertiary/aromatic N) is 2. The van der Waals surface area contributed by atoms with Gasteiger partial charge < -0.3 is 24.6 Å². The number of benzene rings is 3. The molecule has 1 aliphatic rings. The summed E-state index contributed by atoms with van der Waals surface area (Å²) >= 11 is 0. The number of fused-ring (bicyclic) bond motifs is 1. The van der Waals surface area contributed by atoms with Gasteiger partial charge >= 0.3 is 0 Å². The summed E-state index contributed by atoms with van der Waals surface area (Å²) in [7, 11) is 0. The molecule has 2 amide bonds. The normalized spacial score (nSPS) is 11.8. The number of anilines is 2. The standard InChI is InChI=1S/C26H22N4O5/c1-16-6-8-17(9-7-16)25-29-24(35-30-25)13-12-23(31)28-20-5-3-2-4-19(20)26(32)27-18-10-11-21-22(14-18)34-15-33-21/h2-11,14H,12-13,15H2,1H3,(H,27,32)(H,28,31). The van der Waals surface area contributed by atoms with Gasteiger partial charge in [-0.1, -0.05) is 47.1 Å². The zero-order valence-corrected chi connectivity index (χ0v) is 18.9. The minimum Gasteiger partial charge on any atom is -0.454 e. The predicted octanol–water partition coefficient (Wildman–Crippen LogP) is 4.60. The van der Waals surface area contributed by atoms with Crippen molar-refractivity contribution in [2.24, 2.45) is 0 Å². The summed E-state index contributed by atoms with van der Waals surface area (Å²) < 4.78 is 15.9. The predicted molar refractivity (Wildman–Crippen MR) is 128 cm³/mol. The van der Waals surface area contributed by atoms with E-state index in [1.54, 1.807) is 42.5 Å². The first-order valence-electron chi connectivity index (χ1n) is 11.0. The number of aryl methyl sites for hydroxylation is 2. The van der Waals surface area contributed by atoms with Gasteiger partial charge in [0, 0.05) is 30.2 Å². The van der Waals surface area contributed by atoms with E-state index in [0.29, 0.717) is 40.2 Å². The van der Waals surface area contributed by atoms with Gasteiger partial charge in [-0.2, -0.15) is 4.98 Å². The Bertz CT molecular complexity index is 1380. The van der Waals surface area contributed by atoms with Crippen LogP contribution in [0.25, 0.3) is 11.4 Å². The maximum Gasteiger partial charge on any atom is 0.257 e. The Morgan fingerprint density at radius 1 is 0.943 bits per heavy atom. The number of nitrogens with one attached hydrogen (secondary N) is 2. The Morgan fingerprint density at radius 2 is 1.74 bits per heavy atom. The van der Waals surface area contributed by atoms with E-state index in [1.165, 1.54) is 0 Å². The number of amides is 2. The van der Waals surface area contributed by atoms with E-state index in [1.807, 2.05) is 31.2 Å². The van der Waals surface area contributed by atoms with Crippen LogP contribution in [0.5, 0.6) is 11.5 Å². The van der Waals surface area contributed by atoms with Crippen molar-refractivity contribution in [3.63, 3.8) is 0 Å². The van der Waals surface area contributed by atoms with Crippen LogP contribution in [0, 0.1) is 6.92 Å². The largest absolute Gasteiger partial charge is 0.454 e. The number of rotatable bonds is 7. The Hall–Kier alpha value is -4.66. The number of carbonyl (C=O) groups excluding carboxylic acids is 2. The van der Waals surface area contributed by atoms with Crippen molar-refractivity contribution < 1.29 is 23.6 Å². The number of ether oxygens (including phenoxy) is 2. The molecule has 0 atom stereocenters. The van der Waals surface area contributed by atoms with Gasteiger partial charge in [0.1, 0.15) is 0 Å². The highest BCUT2D eigenvalue weighted by molar-refractivity contribution is 6.10. The monoisotopic (exact) mass is 470 g/mol. The van der Waals surface area contributed by atoms with Gasteiger partial charge in [0.2, 0.25) is 24.4 Å². The van der Waals surface area contributed by atoms with Crippen molar-refractivity contribution in [3.8, 4) is 22.9 Å². The lowest BCUT2D eigenvalue weighted by Gasteiger charge is -2.11. The highest BCUT2D eigenvalue weighted by Gasteiger charge is 2.17. The van der Waals surface area contributed by atoms with Crippen molar-refractivity contribution in [1.29, 1.82) is 0 Å². The summed E-state index contributed by atoms with van der Waals surface area (Å²) in [6, 6.07) is 19.7. The van der Waals surface area contributed by atoms with Crippen molar-refractivity contribution >= 4 is 23.2 Å². The quantitative estimate of drug-likeness (QED) is 0.406. The van der Waals surface area contributed by atoms with Gasteiger partial charge in [-0.25, -0.2) is 0 Å². The van der Waals surface area contributed by atoms with Gasteiger partial charge in [0.05, 0.1) is 11.3 Å². The molecule has 0 bridgehead atoms. The Morgan fingerprint density at radius 3 is 2.60 bits per heavy atom. The van der Waals surface area contributed by atoms with Crippen LogP contribution in [0.1, 0.15) is 28.2 Å². The van der Waals surface area contributed by atoms with Crippen LogP contribution < -0.4 is 20.1 Å². The topological polar surface area (TPSA) is 116 Å². The lowest BCUT2D eigenvalue weighted by molar-refractivity contribution is -0.116. The summed E-state index contributed by atoms with van der Waals surface area (Å²) in [5, 5.41) is 9.61. The molecule has 0 fully saturated rings. The summed E-state index contributed by atoms with van der Waals surface area (Å²) in [5.74, 6) is 1.40. The summed E-state index contributed by atoms with van der Waals surface area (Å²) in [4.78, 5) is 29.9. The minimum atomic E-state index is -0.362. The molecule has 0 aliphatic carbocycles. The summed E-state index contributed by atoms with van der Waals surface area (Å²) in [5.41, 5.74) is 3.28. The Kier molecular flexibility index (Phi) is 6.13. The third kappa shape index (κ3) is 5.14. The summed E-state index contributed by atoms with van der Waals surface area (Å²) in [6.07, 6.45) is 0.393. The zero-order chi connectivity index (χ0) is 24.2. The van der Waals surface area contributed by atoms with Crippen molar-refractivity contribution in [3.05, 3.63) is 83.7 Å². The molecule has 0 unspecified atom stereocenters. The molecule has 1 aromatic heterocycles. The van der Waals surface area contributed by atoms with E-state index in [-0.39, 0.29) is 31.4 Å². The molecule has 0 spiro atoms. The second kappa shape index (κ2) is 9.68. The number of aromatic nitrogens is 2. The lowest BCUT2D eigenvalue weighted by atomic mass is 10.1. The molecule has 0 saturated carbocycles. The molecule has 0 radical (unpaired) electrons. The van der Waals surface area contributed by atoms with E-state index < -0.39 is 0 Å². The van der Waals surface area contributed by atoms with Crippen LogP contribution in [-0.2, 0) is 11.2 Å². The molecule has 5 rings (SSSR count). The van der Waals surface area contributed by atoms with Gasteiger partial charge in [-0.3, -0.25) is 9.59 Å². The Balaban J connectivity index is 1.20. The van der Waals surface area contributed by atoms with Crippen LogP contribution in [-0.4, -0.2) is 28.7 Å². The second-order valence-corrected chi connectivity index (χ2v) is 7.99. The van der Waals surface area contributed by atoms with Crippen molar-refractivity contribution in [2.45, 2.75) is 19.8 Å². The van der Waals surface area contributed by atoms with E-state index in [2.05, 4.69) is 20.8 Å². The molecule has 0 saturated heterocycles. The average molecular weight is 470 g/mol. The zero-order valence-electron chi connectivity index (χ0n) is 18.9. The van der Waals surface area contributed by atoms with Gasteiger partial charge in [-0.15, -0.1) is 0 Å². The number of para-hydroxylation sites is 1. The fraction of sp³-hybridized carbons (Fsp3) is 0.154. The van der Waals surface area contributed by atoms with E-state index in [9.17, 15) is 9.59 Å². The lowest BCUT2D eigenvalue weighted by Crippen LogP contribution is -2.18. The molecular formula is C26H22N4O5.